The molecule has 1 N–H and O–H groups in total. The molecular formula is C7H3ClF2N2O. The van der Waals surface area contributed by atoms with Gasteiger partial charge in [0, 0.05) is 6.20 Å². The average Bonchev–Trinajstić information content (AvgIpc) is 2.04. The van der Waals surface area contributed by atoms with Crippen LogP contribution in [0.3, 0.4) is 0 Å². The molecule has 0 aromatic carbocycles. The molecule has 1 aromatic heterocycles. The molecule has 0 aliphatic rings. The Kier molecular flexibility index (Phi) is 2.63. The summed E-state index contributed by atoms with van der Waals surface area (Å²) >= 11 is 5.39. The van der Waals surface area contributed by atoms with Crippen LogP contribution in [0, 0.1) is 11.3 Å². The van der Waals surface area contributed by atoms with Crippen molar-refractivity contribution in [2.24, 2.45) is 0 Å². The van der Waals surface area contributed by atoms with E-state index in [4.69, 9.17) is 16.9 Å². The smallest absolute Gasteiger partial charge is 0.270 e. The van der Waals surface area contributed by atoms with Gasteiger partial charge in [-0.2, -0.15) is 5.26 Å². The molecule has 0 fully saturated rings. The third-order valence-electron chi connectivity index (χ3n) is 1.40. The Balaban J connectivity index is 3.50. The number of aromatic nitrogens is 1. The van der Waals surface area contributed by atoms with Crippen LogP contribution in [0.5, 0.6) is 0 Å². The molecule has 13 heavy (non-hydrogen) atoms. The fraction of sp³-hybridized carbons (Fsp3) is 0.143. The molecule has 0 bridgehead atoms. The fourth-order valence-electron chi connectivity index (χ4n) is 0.800. The van der Waals surface area contributed by atoms with E-state index in [-0.39, 0.29) is 5.56 Å². The van der Waals surface area contributed by atoms with Gasteiger partial charge in [0.05, 0.1) is 10.6 Å². The second-order valence-electron chi connectivity index (χ2n) is 2.17. The first-order chi connectivity index (χ1) is 6.07. The second kappa shape index (κ2) is 3.54. The number of rotatable bonds is 1. The Bertz CT molecular complexity index is 421. The number of alkyl halides is 2. The van der Waals surface area contributed by atoms with Crippen molar-refractivity contribution in [3.05, 3.63) is 32.7 Å². The predicted molar refractivity (Wildman–Crippen MR) is 41.7 cm³/mol. The Morgan fingerprint density at radius 1 is 1.62 bits per heavy atom. The van der Waals surface area contributed by atoms with Gasteiger partial charge in [-0.05, 0) is 0 Å². The van der Waals surface area contributed by atoms with Gasteiger partial charge in [-0.15, -0.1) is 0 Å². The van der Waals surface area contributed by atoms with Crippen LogP contribution >= 0.6 is 11.6 Å². The monoisotopic (exact) mass is 204 g/mol. The van der Waals surface area contributed by atoms with Gasteiger partial charge in [0.1, 0.15) is 11.6 Å². The summed E-state index contributed by atoms with van der Waals surface area (Å²) in [4.78, 5) is 12.8. The highest BCUT2D eigenvalue weighted by Crippen LogP contribution is 2.25. The van der Waals surface area contributed by atoms with Crippen LogP contribution < -0.4 is 5.56 Å². The van der Waals surface area contributed by atoms with Crippen LogP contribution in [-0.2, 0) is 0 Å². The minimum Gasteiger partial charge on any atom is -0.327 e. The maximum Gasteiger partial charge on any atom is 0.270 e. The number of hydrogen-bond donors (Lipinski definition) is 1. The lowest BCUT2D eigenvalue weighted by atomic mass is 10.2. The largest absolute Gasteiger partial charge is 0.327 e. The number of H-pyrrole nitrogens is 1. The second-order valence-corrected chi connectivity index (χ2v) is 2.55. The van der Waals surface area contributed by atoms with E-state index in [2.05, 4.69) is 0 Å². The standard InChI is InChI=1S/C7H3ClF2N2O/c8-5-3(1-11)2-12-7(13)4(5)6(9)10/h2,6H,(H,12,13). The summed E-state index contributed by atoms with van der Waals surface area (Å²) in [7, 11) is 0. The van der Waals surface area contributed by atoms with Crippen LogP contribution in [-0.4, -0.2) is 4.98 Å². The van der Waals surface area contributed by atoms with Crippen molar-refractivity contribution in [2.75, 3.05) is 0 Å². The van der Waals surface area contributed by atoms with Crippen LogP contribution in [0.25, 0.3) is 0 Å². The lowest BCUT2D eigenvalue weighted by Crippen LogP contribution is -2.13. The first kappa shape index (κ1) is 9.68. The molecular weight excluding hydrogens is 202 g/mol. The number of halogens is 3. The van der Waals surface area contributed by atoms with Crippen molar-refractivity contribution in [1.82, 2.24) is 4.98 Å². The van der Waals surface area contributed by atoms with E-state index < -0.39 is 22.6 Å². The van der Waals surface area contributed by atoms with Crippen LogP contribution in [0.1, 0.15) is 17.6 Å². The van der Waals surface area contributed by atoms with E-state index in [0.717, 1.165) is 6.20 Å². The summed E-state index contributed by atoms with van der Waals surface area (Å²) in [5.74, 6) is 0. The van der Waals surface area contributed by atoms with Gasteiger partial charge in [-0.25, -0.2) is 8.78 Å². The number of nitrogens with one attached hydrogen (secondary N) is 1. The maximum atomic E-state index is 12.2. The number of nitrogens with zero attached hydrogens (tertiary/aromatic N) is 1. The quantitative estimate of drug-likeness (QED) is 0.759. The molecule has 0 radical (unpaired) electrons. The Morgan fingerprint density at radius 3 is 2.69 bits per heavy atom. The average molecular weight is 205 g/mol. The molecule has 0 amide bonds. The van der Waals surface area contributed by atoms with E-state index in [1.165, 1.54) is 0 Å². The van der Waals surface area contributed by atoms with Gasteiger partial charge in [-0.3, -0.25) is 4.79 Å². The highest BCUT2D eigenvalue weighted by Gasteiger charge is 2.19. The topological polar surface area (TPSA) is 56.6 Å². The first-order valence-electron chi connectivity index (χ1n) is 3.17. The molecule has 0 spiro atoms. The summed E-state index contributed by atoms with van der Waals surface area (Å²) < 4.78 is 24.4. The van der Waals surface area contributed by atoms with Crippen LogP contribution in [0.4, 0.5) is 8.78 Å². The molecule has 0 saturated heterocycles. The van der Waals surface area contributed by atoms with E-state index in [9.17, 15) is 13.6 Å². The molecule has 1 rings (SSSR count). The van der Waals surface area contributed by atoms with Crippen molar-refractivity contribution in [3.8, 4) is 6.07 Å². The van der Waals surface area contributed by atoms with Gasteiger partial charge >= 0.3 is 0 Å². The fourth-order valence-corrected chi connectivity index (χ4v) is 1.06. The van der Waals surface area contributed by atoms with Crippen LogP contribution in [0.15, 0.2) is 11.0 Å². The summed E-state index contributed by atoms with van der Waals surface area (Å²) in [6.45, 7) is 0. The highest BCUT2D eigenvalue weighted by molar-refractivity contribution is 6.32. The maximum absolute atomic E-state index is 12.2. The number of aromatic amines is 1. The van der Waals surface area contributed by atoms with Gasteiger partial charge in [0.15, 0.2) is 0 Å². The Morgan fingerprint density at radius 2 is 2.23 bits per heavy atom. The van der Waals surface area contributed by atoms with Gasteiger partial charge in [0.25, 0.3) is 12.0 Å². The van der Waals surface area contributed by atoms with E-state index in [1.54, 1.807) is 6.07 Å². The summed E-state index contributed by atoms with van der Waals surface area (Å²) in [6.07, 6.45) is -1.99. The van der Waals surface area contributed by atoms with E-state index in [0.29, 0.717) is 0 Å². The molecule has 6 heteroatoms. The van der Waals surface area contributed by atoms with Gasteiger partial charge in [0.2, 0.25) is 0 Å². The van der Waals surface area contributed by atoms with Crippen molar-refractivity contribution in [2.45, 2.75) is 6.43 Å². The number of hydrogen-bond acceptors (Lipinski definition) is 2. The van der Waals surface area contributed by atoms with Crippen molar-refractivity contribution in [3.63, 3.8) is 0 Å². The lowest BCUT2D eigenvalue weighted by Gasteiger charge is -2.01. The predicted octanol–water partition coefficient (Wildman–Crippen LogP) is 1.84. The minimum absolute atomic E-state index is 0.170. The molecule has 0 saturated carbocycles. The molecule has 0 aliphatic carbocycles. The summed E-state index contributed by atoms with van der Waals surface area (Å²) in [5.41, 5.74) is -2.00. The molecule has 1 heterocycles. The van der Waals surface area contributed by atoms with E-state index >= 15 is 0 Å². The zero-order valence-corrected chi connectivity index (χ0v) is 6.90. The first-order valence-corrected chi connectivity index (χ1v) is 3.55. The SMILES string of the molecule is N#Cc1c[nH]c(=O)c(C(F)F)c1Cl. The van der Waals surface area contributed by atoms with Gasteiger partial charge in [-0.1, -0.05) is 11.6 Å². The molecule has 3 nitrogen and oxygen atoms in total. The third kappa shape index (κ3) is 1.68. The molecule has 68 valence electrons. The molecule has 0 unspecified atom stereocenters. The normalized spacial score (nSPS) is 10.1. The zero-order valence-electron chi connectivity index (χ0n) is 6.14. The lowest BCUT2D eigenvalue weighted by molar-refractivity contribution is 0.149. The van der Waals surface area contributed by atoms with Crippen LogP contribution in [0.2, 0.25) is 5.02 Å². The molecule has 0 atom stereocenters. The van der Waals surface area contributed by atoms with E-state index in [1.807, 2.05) is 4.98 Å². The van der Waals surface area contributed by atoms with Crippen molar-refractivity contribution >= 4 is 11.6 Å². The summed E-state index contributed by atoms with van der Waals surface area (Å²) in [6, 6.07) is 1.58. The van der Waals surface area contributed by atoms with Crippen molar-refractivity contribution < 1.29 is 8.78 Å². The van der Waals surface area contributed by atoms with Gasteiger partial charge < -0.3 is 4.98 Å². The number of nitriles is 1. The molecule has 1 aromatic rings. The highest BCUT2D eigenvalue weighted by atomic mass is 35.5. The van der Waals surface area contributed by atoms with Crippen molar-refractivity contribution in [1.29, 1.82) is 5.26 Å². The number of pyridine rings is 1. The minimum atomic E-state index is -2.98. The third-order valence-corrected chi connectivity index (χ3v) is 1.81. The Hall–Kier alpha value is -1.41. The zero-order chi connectivity index (χ0) is 10.0. The Labute approximate surface area is 76.6 Å². The molecule has 0 aliphatic heterocycles. The summed E-state index contributed by atoms with van der Waals surface area (Å²) in [5, 5.41) is 7.93.